The Morgan fingerprint density at radius 3 is 2.55 bits per heavy atom. The topological polar surface area (TPSA) is 50.4 Å². The molecule has 0 unspecified atom stereocenters. The van der Waals surface area contributed by atoms with E-state index in [2.05, 4.69) is 26.6 Å². The van der Waals surface area contributed by atoms with Crippen LogP contribution in [0.1, 0.15) is 11.1 Å². The second kappa shape index (κ2) is 7.51. The Morgan fingerprint density at radius 2 is 1.91 bits per heavy atom. The molecular formula is C16H16BrClN2O2. The minimum Gasteiger partial charge on any atom is -0.473 e. The molecule has 2 aromatic rings. The van der Waals surface area contributed by atoms with E-state index in [-0.39, 0.29) is 12.8 Å². The summed E-state index contributed by atoms with van der Waals surface area (Å²) in [6.07, 6.45) is 0. The van der Waals surface area contributed by atoms with Crippen molar-refractivity contribution in [3.05, 3.63) is 57.0 Å². The average molecular weight is 384 g/mol. The maximum absolute atomic E-state index is 11.8. The van der Waals surface area contributed by atoms with Gasteiger partial charge >= 0.3 is 6.03 Å². The fraction of sp³-hybridized carbons (Fsp3) is 0.188. The molecule has 2 aromatic carbocycles. The number of urea groups is 1. The molecule has 0 atom stereocenters. The number of carbonyl (C=O) groups is 1. The first kappa shape index (κ1) is 16.6. The molecule has 0 spiro atoms. The highest BCUT2D eigenvalue weighted by atomic mass is 79.9. The third kappa shape index (κ3) is 4.64. The summed E-state index contributed by atoms with van der Waals surface area (Å²) in [5.74, 6) is 0.669. The number of amides is 2. The van der Waals surface area contributed by atoms with Crippen LogP contribution >= 0.6 is 27.5 Å². The summed E-state index contributed by atoms with van der Waals surface area (Å²) < 4.78 is 6.41. The Hall–Kier alpha value is -1.72. The quantitative estimate of drug-likeness (QED) is 0.739. The number of anilines is 1. The number of rotatable bonds is 4. The highest BCUT2D eigenvalue weighted by Crippen LogP contribution is 2.25. The van der Waals surface area contributed by atoms with E-state index in [1.165, 1.54) is 0 Å². The lowest BCUT2D eigenvalue weighted by Gasteiger charge is -2.11. The Labute approximate surface area is 142 Å². The summed E-state index contributed by atoms with van der Waals surface area (Å²) in [5, 5.41) is 6.08. The van der Waals surface area contributed by atoms with Gasteiger partial charge in [-0.3, -0.25) is 0 Å². The summed E-state index contributed by atoms with van der Waals surface area (Å²) in [6, 6.07) is 10.7. The fourth-order valence-electron chi connectivity index (χ4n) is 1.92. The van der Waals surface area contributed by atoms with Crippen LogP contribution in [0.5, 0.6) is 5.75 Å². The van der Waals surface area contributed by atoms with Crippen LogP contribution in [0.15, 0.2) is 40.9 Å². The lowest BCUT2D eigenvalue weighted by Crippen LogP contribution is -2.32. The lowest BCUT2D eigenvalue weighted by molar-refractivity contribution is 0.234. The molecule has 4 nitrogen and oxygen atoms in total. The second-order valence-electron chi connectivity index (χ2n) is 4.80. The molecule has 2 N–H and O–H groups in total. The van der Waals surface area contributed by atoms with Crippen molar-refractivity contribution in [1.29, 1.82) is 0 Å². The van der Waals surface area contributed by atoms with E-state index in [1.807, 2.05) is 44.2 Å². The number of hydrogen-bond acceptors (Lipinski definition) is 2. The molecule has 0 aliphatic rings. The van der Waals surface area contributed by atoms with Crippen molar-refractivity contribution in [1.82, 2.24) is 5.32 Å². The van der Waals surface area contributed by atoms with Crippen LogP contribution in [0.3, 0.4) is 0 Å². The summed E-state index contributed by atoms with van der Waals surface area (Å²) in [4.78, 5) is 11.8. The van der Waals surface area contributed by atoms with Gasteiger partial charge < -0.3 is 15.4 Å². The molecule has 0 aromatic heterocycles. The van der Waals surface area contributed by atoms with Crippen molar-refractivity contribution in [3.8, 4) is 5.75 Å². The van der Waals surface area contributed by atoms with Crippen LogP contribution in [0.4, 0.5) is 10.5 Å². The Kier molecular flexibility index (Phi) is 5.69. The van der Waals surface area contributed by atoms with Gasteiger partial charge in [-0.05, 0) is 55.3 Å². The van der Waals surface area contributed by atoms with E-state index in [9.17, 15) is 4.79 Å². The monoisotopic (exact) mass is 382 g/mol. The van der Waals surface area contributed by atoms with Crippen LogP contribution in [0.2, 0.25) is 5.02 Å². The highest BCUT2D eigenvalue weighted by molar-refractivity contribution is 9.10. The first-order valence-corrected chi connectivity index (χ1v) is 7.83. The summed E-state index contributed by atoms with van der Waals surface area (Å²) >= 11 is 9.45. The molecule has 0 saturated carbocycles. The molecule has 6 heteroatoms. The smallest absolute Gasteiger partial charge is 0.321 e. The molecule has 2 rings (SSSR count). The maximum Gasteiger partial charge on any atom is 0.321 e. The van der Waals surface area contributed by atoms with Crippen LogP contribution in [-0.2, 0) is 0 Å². The molecule has 22 heavy (non-hydrogen) atoms. The Balaban J connectivity index is 1.84. The van der Waals surface area contributed by atoms with Gasteiger partial charge in [-0.1, -0.05) is 33.6 Å². The zero-order valence-corrected chi connectivity index (χ0v) is 14.6. The van der Waals surface area contributed by atoms with Crippen LogP contribution < -0.4 is 15.4 Å². The van der Waals surface area contributed by atoms with Crippen LogP contribution in [0.25, 0.3) is 0 Å². The van der Waals surface area contributed by atoms with Gasteiger partial charge in [0.1, 0.15) is 5.75 Å². The summed E-state index contributed by atoms with van der Waals surface area (Å²) in [5.41, 5.74) is 2.58. The molecule has 0 heterocycles. The third-order valence-corrected chi connectivity index (χ3v) is 4.05. The first-order valence-electron chi connectivity index (χ1n) is 6.65. The number of nitrogens with one attached hydrogen (secondary N) is 2. The number of carbonyl (C=O) groups excluding carboxylic acids is 1. The van der Waals surface area contributed by atoms with Gasteiger partial charge in [0.2, 0.25) is 0 Å². The van der Waals surface area contributed by atoms with Crippen molar-refractivity contribution < 1.29 is 9.53 Å². The number of hydrogen-bond donors (Lipinski definition) is 2. The molecular weight excluding hydrogens is 368 g/mol. The van der Waals surface area contributed by atoms with Crippen molar-refractivity contribution >= 4 is 39.2 Å². The van der Waals surface area contributed by atoms with Gasteiger partial charge in [-0.15, -0.1) is 0 Å². The highest BCUT2D eigenvalue weighted by Gasteiger charge is 2.05. The Bertz CT molecular complexity index is 669. The number of aryl methyl sites for hydroxylation is 2. The zero-order chi connectivity index (χ0) is 16.1. The largest absolute Gasteiger partial charge is 0.473 e. The normalized spacial score (nSPS) is 10.2. The standard InChI is InChI=1S/C16H16BrClN2O2/c1-10-6-14(7-11(2)15(10)18)22-9-19-16(21)20-13-5-3-4-12(17)8-13/h3-8H,9H2,1-2H3,(H2,19,20,21). The summed E-state index contributed by atoms with van der Waals surface area (Å²) in [6.45, 7) is 3.89. The van der Waals surface area contributed by atoms with Crippen LogP contribution in [0, 0.1) is 13.8 Å². The van der Waals surface area contributed by atoms with Crippen molar-refractivity contribution in [2.24, 2.45) is 0 Å². The zero-order valence-electron chi connectivity index (χ0n) is 12.2. The minimum absolute atomic E-state index is 0.0698. The molecule has 0 fully saturated rings. The van der Waals surface area contributed by atoms with E-state index < -0.39 is 0 Å². The van der Waals surface area contributed by atoms with E-state index >= 15 is 0 Å². The predicted molar refractivity (Wildman–Crippen MR) is 92.7 cm³/mol. The average Bonchev–Trinajstić information content (AvgIpc) is 2.44. The minimum atomic E-state index is -0.333. The van der Waals surface area contributed by atoms with Crippen molar-refractivity contribution in [3.63, 3.8) is 0 Å². The molecule has 116 valence electrons. The molecule has 0 bridgehead atoms. The van der Waals surface area contributed by atoms with Gasteiger partial charge in [-0.2, -0.15) is 0 Å². The van der Waals surface area contributed by atoms with Crippen molar-refractivity contribution in [2.45, 2.75) is 13.8 Å². The van der Waals surface area contributed by atoms with Gasteiger partial charge in [0.05, 0.1) is 0 Å². The van der Waals surface area contributed by atoms with E-state index in [0.717, 1.165) is 20.6 Å². The predicted octanol–water partition coefficient (Wildman–Crippen LogP) is 4.88. The van der Waals surface area contributed by atoms with Crippen molar-refractivity contribution in [2.75, 3.05) is 12.0 Å². The number of ether oxygens (including phenoxy) is 1. The van der Waals surface area contributed by atoms with Crippen LogP contribution in [-0.4, -0.2) is 12.8 Å². The SMILES string of the molecule is Cc1cc(OCNC(=O)Nc2cccc(Br)c2)cc(C)c1Cl. The lowest BCUT2D eigenvalue weighted by atomic mass is 10.1. The second-order valence-corrected chi connectivity index (χ2v) is 6.09. The first-order chi connectivity index (χ1) is 10.5. The van der Waals surface area contributed by atoms with E-state index in [1.54, 1.807) is 6.07 Å². The van der Waals surface area contributed by atoms with Gasteiger partial charge in [-0.25, -0.2) is 4.79 Å². The number of halogens is 2. The van der Waals surface area contributed by atoms with E-state index in [4.69, 9.17) is 16.3 Å². The van der Waals surface area contributed by atoms with Gasteiger partial charge in [0, 0.05) is 15.2 Å². The molecule has 0 aliphatic heterocycles. The third-order valence-electron chi connectivity index (χ3n) is 2.96. The maximum atomic E-state index is 11.8. The molecule has 0 aliphatic carbocycles. The summed E-state index contributed by atoms with van der Waals surface area (Å²) in [7, 11) is 0. The molecule has 0 saturated heterocycles. The van der Waals surface area contributed by atoms with E-state index in [0.29, 0.717) is 11.4 Å². The van der Waals surface area contributed by atoms with Gasteiger partial charge in [0.15, 0.2) is 6.73 Å². The Morgan fingerprint density at radius 1 is 1.23 bits per heavy atom. The molecule has 2 amide bonds. The number of benzene rings is 2. The molecule has 0 radical (unpaired) electrons. The fourth-order valence-corrected chi connectivity index (χ4v) is 2.42. The van der Waals surface area contributed by atoms with Gasteiger partial charge in [0.25, 0.3) is 0 Å².